The molecule has 6 heteroatoms. The number of pyridine rings is 1. The number of benzene rings is 1. The fraction of sp³-hybridized carbons (Fsp3) is 0.154. The van der Waals surface area contributed by atoms with Gasteiger partial charge in [-0.05, 0) is 30.7 Å². The lowest BCUT2D eigenvalue weighted by Gasteiger charge is -2.14. The van der Waals surface area contributed by atoms with Crippen LogP contribution in [0.2, 0.25) is 5.02 Å². The summed E-state index contributed by atoms with van der Waals surface area (Å²) in [5.41, 5.74) is 0.994. The Morgan fingerprint density at radius 1 is 1.37 bits per heavy atom. The van der Waals surface area contributed by atoms with Crippen LogP contribution in [0.3, 0.4) is 0 Å². The number of nitro groups is 1. The third-order valence-corrected chi connectivity index (χ3v) is 2.91. The molecule has 1 heterocycles. The minimum Gasteiger partial charge on any atom is -0.364 e. The zero-order chi connectivity index (χ0) is 13.8. The summed E-state index contributed by atoms with van der Waals surface area (Å²) >= 11 is 5.93. The average Bonchev–Trinajstić information content (AvgIpc) is 2.39. The summed E-state index contributed by atoms with van der Waals surface area (Å²) in [6, 6.07) is 10.5. The van der Waals surface area contributed by atoms with E-state index in [0.29, 0.717) is 10.8 Å². The second kappa shape index (κ2) is 5.67. The van der Waals surface area contributed by atoms with Gasteiger partial charge in [-0.2, -0.15) is 0 Å². The topological polar surface area (TPSA) is 68.1 Å². The molecule has 0 aliphatic rings. The summed E-state index contributed by atoms with van der Waals surface area (Å²) in [6.07, 6.45) is 1.23. The van der Waals surface area contributed by atoms with Gasteiger partial charge in [0.2, 0.25) is 0 Å². The molecule has 1 atom stereocenters. The Labute approximate surface area is 115 Å². The molecule has 2 rings (SSSR count). The van der Waals surface area contributed by atoms with Crippen LogP contribution >= 0.6 is 11.6 Å². The summed E-state index contributed by atoms with van der Waals surface area (Å²) in [4.78, 5) is 14.1. The molecule has 1 aromatic carbocycles. The molecule has 2 aromatic rings. The fourth-order valence-electron chi connectivity index (χ4n) is 1.66. The Kier molecular flexibility index (Phi) is 3.97. The van der Waals surface area contributed by atoms with Crippen LogP contribution in [0.1, 0.15) is 18.5 Å². The molecular formula is C13H12ClN3O2. The predicted molar refractivity (Wildman–Crippen MR) is 74.4 cm³/mol. The summed E-state index contributed by atoms with van der Waals surface area (Å²) in [7, 11) is 0. The summed E-state index contributed by atoms with van der Waals surface area (Å²) < 4.78 is 0. The standard InChI is InChI=1S/C13H12ClN3O2/c1-9(10-3-2-4-11(14)7-10)16-13-6-5-12(8-15-13)17(18)19/h2-9H,1H3,(H,15,16)/t9-/m1/s1. The van der Waals surface area contributed by atoms with Gasteiger partial charge in [-0.1, -0.05) is 23.7 Å². The number of anilines is 1. The van der Waals surface area contributed by atoms with E-state index in [1.54, 1.807) is 6.07 Å². The van der Waals surface area contributed by atoms with Crippen LogP contribution in [0.5, 0.6) is 0 Å². The quantitative estimate of drug-likeness (QED) is 0.681. The van der Waals surface area contributed by atoms with Crippen molar-refractivity contribution < 1.29 is 4.92 Å². The van der Waals surface area contributed by atoms with Crippen LogP contribution in [0, 0.1) is 10.1 Å². The van der Waals surface area contributed by atoms with E-state index in [-0.39, 0.29) is 11.7 Å². The molecule has 19 heavy (non-hydrogen) atoms. The molecule has 0 saturated carbocycles. The maximum Gasteiger partial charge on any atom is 0.287 e. The van der Waals surface area contributed by atoms with Gasteiger partial charge in [-0.25, -0.2) is 4.98 Å². The van der Waals surface area contributed by atoms with Crippen LogP contribution < -0.4 is 5.32 Å². The normalized spacial score (nSPS) is 11.9. The summed E-state index contributed by atoms with van der Waals surface area (Å²) in [5, 5.41) is 14.4. The Bertz CT molecular complexity index is 587. The Hall–Kier alpha value is -2.14. The fourth-order valence-corrected chi connectivity index (χ4v) is 1.86. The van der Waals surface area contributed by atoms with Gasteiger partial charge in [0.15, 0.2) is 0 Å². The molecule has 0 radical (unpaired) electrons. The summed E-state index contributed by atoms with van der Waals surface area (Å²) in [6.45, 7) is 1.97. The van der Waals surface area contributed by atoms with Crippen molar-refractivity contribution in [1.82, 2.24) is 4.98 Å². The molecule has 0 aliphatic heterocycles. The van der Waals surface area contributed by atoms with Gasteiger partial charge in [-0.15, -0.1) is 0 Å². The first-order valence-electron chi connectivity index (χ1n) is 5.68. The molecule has 5 nitrogen and oxygen atoms in total. The summed E-state index contributed by atoms with van der Waals surface area (Å²) in [5.74, 6) is 0.582. The van der Waals surface area contributed by atoms with Crippen LogP contribution in [-0.4, -0.2) is 9.91 Å². The van der Waals surface area contributed by atoms with Crippen molar-refractivity contribution in [2.45, 2.75) is 13.0 Å². The second-order valence-electron chi connectivity index (χ2n) is 4.08. The van der Waals surface area contributed by atoms with Crippen LogP contribution in [-0.2, 0) is 0 Å². The van der Waals surface area contributed by atoms with E-state index in [0.717, 1.165) is 5.56 Å². The molecule has 0 saturated heterocycles. The maximum atomic E-state index is 10.5. The second-order valence-corrected chi connectivity index (χ2v) is 4.52. The largest absolute Gasteiger partial charge is 0.364 e. The van der Waals surface area contributed by atoms with Crippen molar-refractivity contribution >= 4 is 23.1 Å². The molecule has 1 N–H and O–H groups in total. The average molecular weight is 278 g/mol. The highest BCUT2D eigenvalue weighted by molar-refractivity contribution is 6.30. The van der Waals surface area contributed by atoms with E-state index in [1.165, 1.54) is 12.3 Å². The van der Waals surface area contributed by atoms with Crippen LogP contribution in [0.4, 0.5) is 11.5 Å². The minimum absolute atomic E-state index is 0.00709. The van der Waals surface area contributed by atoms with E-state index < -0.39 is 4.92 Å². The van der Waals surface area contributed by atoms with Crippen molar-refractivity contribution in [2.75, 3.05) is 5.32 Å². The number of hydrogen-bond acceptors (Lipinski definition) is 4. The van der Waals surface area contributed by atoms with Crippen molar-refractivity contribution in [1.29, 1.82) is 0 Å². The minimum atomic E-state index is -0.475. The van der Waals surface area contributed by atoms with Crippen LogP contribution in [0.25, 0.3) is 0 Å². The van der Waals surface area contributed by atoms with Gasteiger partial charge in [0, 0.05) is 17.1 Å². The van der Waals surface area contributed by atoms with Gasteiger partial charge < -0.3 is 5.32 Å². The Morgan fingerprint density at radius 2 is 2.16 bits per heavy atom. The number of rotatable bonds is 4. The van der Waals surface area contributed by atoms with Crippen molar-refractivity contribution in [3.63, 3.8) is 0 Å². The Balaban J connectivity index is 2.10. The van der Waals surface area contributed by atoms with Crippen LogP contribution in [0.15, 0.2) is 42.6 Å². The van der Waals surface area contributed by atoms with Gasteiger partial charge in [0.05, 0.1) is 4.92 Å². The zero-order valence-electron chi connectivity index (χ0n) is 10.2. The maximum absolute atomic E-state index is 10.5. The number of nitrogens with zero attached hydrogens (tertiary/aromatic N) is 2. The SMILES string of the molecule is C[C@@H](Nc1ccc([N+](=O)[O-])cn1)c1cccc(Cl)c1. The van der Waals surface area contributed by atoms with Crippen molar-refractivity contribution in [2.24, 2.45) is 0 Å². The zero-order valence-corrected chi connectivity index (χ0v) is 11.0. The predicted octanol–water partition coefficient (Wildman–Crippen LogP) is 3.82. The first-order chi connectivity index (χ1) is 9.06. The molecule has 1 aromatic heterocycles. The lowest BCUT2D eigenvalue weighted by Crippen LogP contribution is -2.07. The Morgan fingerprint density at radius 3 is 2.74 bits per heavy atom. The van der Waals surface area contributed by atoms with Gasteiger partial charge in [0.25, 0.3) is 5.69 Å². The highest BCUT2D eigenvalue weighted by Crippen LogP contribution is 2.21. The molecule has 0 spiro atoms. The van der Waals surface area contributed by atoms with Gasteiger partial charge in [-0.3, -0.25) is 10.1 Å². The van der Waals surface area contributed by atoms with E-state index in [9.17, 15) is 10.1 Å². The number of nitrogens with one attached hydrogen (secondary N) is 1. The number of aromatic nitrogens is 1. The number of hydrogen-bond donors (Lipinski definition) is 1. The molecule has 0 unspecified atom stereocenters. The van der Waals surface area contributed by atoms with Crippen molar-refractivity contribution in [3.8, 4) is 0 Å². The third-order valence-electron chi connectivity index (χ3n) is 2.67. The lowest BCUT2D eigenvalue weighted by molar-refractivity contribution is -0.385. The first-order valence-corrected chi connectivity index (χ1v) is 6.06. The molecule has 0 fully saturated rings. The number of halogens is 1. The van der Waals surface area contributed by atoms with Gasteiger partial charge >= 0.3 is 0 Å². The third kappa shape index (κ3) is 3.42. The molecular weight excluding hydrogens is 266 g/mol. The molecule has 0 bridgehead atoms. The monoisotopic (exact) mass is 277 g/mol. The smallest absolute Gasteiger partial charge is 0.287 e. The highest BCUT2D eigenvalue weighted by atomic mass is 35.5. The molecule has 0 aliphatic carbocycles. The first kappa shape index (κ1) is 13.3. The van der Waals surface area contributed by atoms with E-state index in [2.05, 4.69) is 10.3 Å². The van der Waals surface area contributed by atoms with E-state index in [1.807, 2.05) is 31.2 Å². The van der Waals surface area contributed by atoms with Gasteiger partial charge in [0.1, 0.15) is 12.0 Å². The van der Waals surface area contributed by atoms with E-state index >= 15 is 0 Å². The van der Waals surface area contributed by atoms with E-state index in [4.69, 9.17) is 11.6 Å². The van der Waals surface area contributed by atoms with Crippen molar-refractivity contribution in [3.05, 3.63) is 63.3 Å². The highest BCUT2D eigenvalue weighted by Gasteiger charge is 2.09. The molecule has 98 valence electrons. The lowest BCUT2D eigenvalue weighted by atomic mass is 10.1. The molecule has 0 amide bonds.